The lowest BCUT2D eigenvalue weighted by Gasteiger charge is -2.02. The number of hydrogen-bond donors (Lipinski definition) is 0. The molecule has 2 aromatic rings. The average molecular weight is 231 g/mol. The summed E-state index contributed by atoms with van der Waals surface area (Å²) in [7, 11) is 0. The van der Waals surface area contributed by atoms with Crippen LogP contribution < -0.4 is 0 Å². The molecule has 0 radical (unpaired) electrons. The Balaban J connectivity index is 2.46. The molecule has 0 aliphatic carbocycles. The number of nitrogens with zero attached hydrogens (tertiary/aromatic N) is 1. The maximum atomic E-state index is 11.8. The second kappa shape index (κ2) is 4.82. The van der Waals surface area contributed by atoms with Gasteiger partial charge in [-0.3, -0.25) is 0 Å². The molecule has 0 atom stereocenters. The monoisotopic (exact) mass is 231 g/mol. The van der Waals surface area contributed by atoms with Gasteiger partial charge in [-0.15, -0.1) is 0 Å². The molecule has 0 bridgehead atoms. The van der Waals surface area contributed by atoms with Gasteiger partial charge in [0, 0.05) is 5.56 Å². The third kappa shape index (κ3) is 2.20. The minimum atomic E-state index is -0.398. The SMILES string of the molecule is CCOC(=O)c1c(-c2ccccc2)noc1C. The maximum absolute atomic E-state index is 11.8. The van der Waals surface area contributed by atoms with Crippen LogP contribution in [0.25, 0.3) is 11.3 Å². The molecule has 0 unspecified atom stereocenters. The lowest BCUT2D eigenvalue weighted by atomic mass is 10.1. The van der Waals surface area contributed by atoms with Crippen molar-refractivity contribution >= 4 is 5.97 Å². The van der Waals surface area contributed by atoms with Crippen LogP contribution in [-0.2, 0) is 4.74 Å². The van der Waals surface area contributed by atoms with Gasteiger partial charge in [-0.25, -0.2) is 4.79 Å². The van der Waals surface area contributed by atoms with E-state index in [1.165, 1.54) is 0 Å². The highest BCUT2D eigenvalue weighted by Gasteiger charge is 2.22. The second-order valence-electron chi connectivity index (χ2n) is 3.55. The Morgan fingerprint density at radius 1 is 1.35 bits per heavy atom. The molecular weight excluding hydrogens is 218 g/mol. The fourth-order valence-corrected chi connectivity index (χ4v) is 1.61. The van der Waals surface area contributed by atoms with E-state index in [4.69, 9.17) is 9.26 Å². The molecule has 88 valence electrons. The average Bonchev–Trinajstić information content (AvgIpc) is 2.73. The standard InChI is InChI=1S/C13H13NO3/c1-3-16-13(15)11-9(2)17-14-12(11)10-7-5-4-6-8-10/h4-8H,3H2,1-2H3. The Labute approximate surface area is 99.2 Å². The van der Waals surface area contributed by atoms with E-state index >= 15 is 0 Å². The molecule has 4 heteroatoms. The minimum absolute atomic E-state index is 0.331. The number of hydrogen-bond acceptors (Lipinski definition) is 4. The first-order chi connectivity index (χ1) is 8.24. The number of rotatable bonds is 3. The quantitative estimate of drug-likeness (QED) is 0.762. The van der Waals surface area contributed by atoms with Gasteiger partial charge in [0.2, 0.25) is 0 Å². The Hall–Kier alpha value is -2.10. The topological polar surface area (TPSA) is 52.3 Å². The Bertz CT molecular complexity index is 517. The molecule has 2 rings (SSSR count). The van der Waals surface area contributed by atoms with Crippen LogP contribution in [0.3, 0.4) is 0 Å². The predicted octanol–water partition coefficient (Wildman–Crippen LogP) is 2.83. The number of aryl methyl sites for hydroxylation is 1. The summed E-state index contributed by atoms with van der Waals surface area (Å²) in [5, 5.41) is 3.91. The van der Waals surface area contributed by atoms with Crippen LogP contribution >= 0.6 is 0 Å². The van der Waals surface area contributed by atoms with Crippen molar-refractivity contribution in [1.82, 2.24) is 5.16 Å². The molecule has 1 heterocycles. The van der Waals surface area contributed by atoms with E-state index in [0.29, 0.717) is 23.6 Å². The van der Waals surface area contributed by atoms with Crippen molar-refractivity contribution in [3.8, 4) is 11.3 Å². The van der Waals surface area contributed by atoms with Gasteiger partial charge in [-0.1, -0.05) is 35.5 Å². The number of carbonyl (C=O) groups is 1. The van der Waals surface area contributed by atoms with Crippen molar-refractivity contribution in [3.05, 3.63) is 41.7 Å². The molecular formula is C13H13NO3. The number of benzene rings is 1. The van der Waals surface area contributed by atoms with Crippen LogP contribution in [-0.4, -0.2) is 17.7 Å². The summed E-state index contributed by atoms with van der Waals surface area (Å²) in [6.45, 7) is 3.80. The lowest BCUT2D eigenvalue weighted by molar-refractivity contribution is 0.0525. The van der Waals surface area contributed by atoms with Crippen molar-refractivity contribution in [2.45, 2.75) is 13.8 Å². The molecule has 17 heavy (non-hydrogen) atoms. The summed E-state index contributed by atoms with van der Waals surface area (Å²) in [6, 6.07) is 9.42. The summed E-state index contributed by atoms with van der Waals surface area (Å²) >= 11 is 0. The van der Waals surface area contributed by atoms with Gasteiger partial charge in [-0.2, -0.15) is 0 Å². The van der Waals surface area contributed by atoms with Crippen LogP contribution in [0.5, 0.6) is 0 Å². The number of ether oxygens (including phenoxy) is 1. The Kier molecular flexibility index (Phi) is 3.23. The van der Waals surface area contributed by atoms with Gasteiger partial charge in [0.25, 0.3) is 0 Å². The molecule has 0 N–H and O–H groups in total. The number of esters is 1. The van der Waals surface area contributed by atoms with Crippen molar-refractivity contribution in [2.75, 3.05) is 6.61 Å². The van der Waals surface area contributed by atoms with Crippen molar-refractivity contribution in [3.63, 3.8) is 0 Å². The molecule has 0 saturated carbocycles. The summed E-state index contributed by atoms with van der Waals surface area (Å²) in [4.78, 5) is 11.8. The van der Waals surface area contributed by atoms with Crippen molar-refractivity contribution in [1.29, 1.82) is 0 Å². The first-order valence-electron chi connectivity index (χ1n) is 5.43. The van der Waals surface area contributed by atoms with Gasteiger partial charge >= 0.3 is 5.97 Å². The second-order valence-corrected chi connectivity index (χ2v) is 3.55. The van der Waals surface area contributed by atoms with E-state index in [-0.39, 0.29) is 0 Å². The fraction of sp³-hybridized carbons (Fsp3) is 0.231. The van der Waals surface area contributed by atoms with Gasteiger partial charge in [-0.05, 0) is 13.8 Å². The van der Waals surface area contributed by atoms with Gasteiger partial charge in [0.15, 0.2) is 0 Å². The lowest BCUT2D eigenvalue weighted by Crippen LogP contribution is -2.06. The number of aromatic nitrogens is 1. The highest BCUT2D eigenvalue weighted by molar-refractivity contribution is 5.97. The first-order valence-corrected chi connectivity index (χ1v) is 5.43. The van der Waals surface area contributed by atoms with Crippen LogP contribution in [0.2, 0.25) is 0 Å². The summed E-state index contributed by atoms with van der Waals surface area (Å²) in [6.07, 6.45) is 0. The highest BCUT2D eigenvalue weighted by atomic mass is 16.5. The molecule has 0 spiro atoms. The minimum Gasteiger partial charge on any atom is -0.462 e. The third-order valence-corrected chi connectivity index (χ3v) is 2.39. The van der Waals surface area contributed by atoms with Gasteiger partial charge < -0.3 is 9.26 Å². The summed E-state index contributed by atoms with van der Waals surface area (Å²) < 4.78 is 10.1. The number of carbonyl (C=O) groups excluding carboxylic acids is 1. The summed E-state index contributed by atoms with van der Waals surface area (Å²) in [5.41, 5.74) is 1.77. The fourth-order valence-electron chi connectivity index (χ4n) is 1.61. The van der Waals surface area contributed by atoms with Crippen molar-refractivity contribution < 1.29 is 14.1 Å². The van der Waals surface area contributed by atoms with E-state index in [9.17, 15) is 4.79 Å². The largest absolute Gasteiger partial charge is 0.462 e. The summed E-state index contributed by atoms with van der Waals surface area (Å²) in [5.74, 6) is 0.0763. The zero-order chi connectivity index (χ0) is 12.3. The predicted molar refractivity (Wildman–Crippen MR) is 62.6 cm³/mol. The molecule has 0 fully saturated rings. The third-order valence-electron chi connectivity index (χ3n) is 2.39. The van der Waals surface area contributed by atoms with E-state index in [0.717, 1.165) is 5.56 Å². The van der Waals surface area contributed by atoms with E-state index in [1.807, 2.05) is 30.3 Å². The molecule has 0 aliphatic rings. The van der Waals surface area contributed by atoms with Crippen molar-refractivity contribution in [2.24, 2.45) is 0 Å². The van der Waals surface area contributed by atoms with Crippen LogP contribution in [0.4, 0.5) is 0 Å². The zero-order valence-corrected chi connectivity index (χ0v) is 9.77. The molecule has 1 aromatic heterocycles. The normalized spacial score (nSPS) is 10.2. The molecule has 0 amide bonds. The van der Waals surface area contributed by atoms with E-state index < -0.39 is 5.97 Å². The van der Waals surface area contributed by atoms with Gasteiger partial charge in [0.05, 0.1) is 6.61 Å². The molecule has 4 nitrogen and oxygen atoms in total. The van der Waals surface area contributed by atoms with Crippen LogP contribution in [0.15, 0.2) is 34.9 Å². The van der Waals surface area contributed by atoms with E-state index in [2.05, 4.69) is 5.16 Å². The highest BCUT2D eigenvalue weighted by Crippen LogP contribution is 2.25. The molecule has 0 aliphatic heterocycles. The maximum Gasteiger partial charge on any atom is 0.344 e. The van der Waals surface area contributed by atoms with Gasteiger partial charge in [0.1, 0.15) is 17.0 Å². The smallest absolute Gasteiger partial charge is 0.344 e. The van der Waals surface area contributed by atoms with Crippen LogP contribution in [0.1, 0.15) is 23.0 Å². The Morgan fingerprint density at radius 2 is 2.06 bits per heavy atom. The molecule has 0 saturated heterocycles. The first kappa shape index (κ1) is 11.4. The van der Waals surface area contributed by atoms with Crippen LogP contribution in [0, 0.1) is 6.92 Å². The zero-order valence-electron chi connectivity index (χ0n) is 9.77. The Morgan fingerprint density at radius 3 is 2.71 bits per heavy atom. The molecule has 1 aromatic carbocycles. The van der Waals surface area contributed by atoms with E-state index in [1.54, 1.807) is 13.8 Å².